The lowest BCUT2D eigenvalue weighted by Crippen LogP contribution is -2.36. The van der Waals surface area contributed by atoms with Gasteiger partial charge in [-0.25, -0.2) is 0 Å². The van der Waals surface area contributed by atoms with Gasteiger partial charge in [0.05, 0.1) is 0 Å². The molecule has 0 saturated heterocycles. The molecule has 2 aromatic rings. The lowest BCUT2D eigenvalue weighted by Gasteiger charge is -2.16. The van der Waals surface area contributed by atoms with E-state index in [1.165, 1.54) is 38.5 Å². The second-order valence-electron chi connectivity index (χ2n) is 6.31. The average Bonchev–Trinajstić information content (AvgIpc) is 3.03. The maximum Gasteiger partial charge on any atom is 0.251 e. The van der Waals surface area contributed by atoms with E-state index >= 15 is 0 Å². The zero-order valence-electron chi connectivity index (χ0n) is 14.4. The summed E-state index contributed by atoms with van der Waals surface area (Å²) in [5.41, 5.74) is 1.60. The molecule has 25 heavy (non-hydrogen) atoms. The first-order valence-electron chi connectivity index (χ1n) is 8.79. The van der Waals surface area contributed by atoms with Crippen LogP contribution in [0.4, 0.5) is 0 Å². The van der Waals surface area contributed by atoms with Crippen LogP contribution in [0, 0.1) is 0 Å². The van der Waals surface area contributed by atoms with Crippen molar-refractivity contribution in [3.05, 3.63) is 42.5 Å². The highest BCUT2D eigenvalue weighted by molar-refractivity contribution is 5.94. The van der Waals surface area contributed by atoms with Crippen LogP contribution in [0.5, 0.6) is 0 Å². The smallest absolute Gasteiger partial charge is 0.251 e. The molecule has 1 aromatic carbocycles. The third kappa shape index (κ3) is 5.83. The van der Waals surface area contributed by atoms with Crippen LogP contribution in [0.3, 0.4) is 0 Å². The van der Waals surface area contributed by atoms with Crippen molar-refractivity contribution >= 4 is 18.3 Å². The molecule has 3 rings (SSSR count). The Balaban J connectivity index is 0.00000225. The summed E-state index contributed by atoms with van der Waals surface area (Å²) in [7, 11) is 0. The van der Waals surface area contributed by atoms with Crippen LogP contribution in [0.2, 0.25) is 0 Å². The second kappa shape index (κ2) is 10.2. The van der Waals surface area contributed by atoms with E-state index in [9.17, 15) is 4.79 Å². The summed E-state index contributed by atoms with van der Waals surface area (Å²) in [5, 5.41) is 14.1. The van der Waals surface area contributed by atoms with Crippen LogP contribution < -0.4 is 10.6 Å². The van der Waals surface area contributed by atoms with E-state index in [2.05, 4.69) is 20.8 Å². The highest BCUT2D eigenvalue weighted by atomic mass is 35.5. The largest absolute Gasteiger partial charge is 0.351 e. The summed E-state index contributed by atoms with van der Waals surface area (Å²) in [6, 6.07) is 8.05. The number of carbonyl (C=O) groups is 1. The first-order valence-corrected chi connectivity index (χ1v) is 8.79. The summed E-state index contributed by atoms with van der Waals surface area (Å²) in [4.78, 5) is 12.2. The van der Waals surface area contributed by atoms with Gasteiger partial charge in [0, 0.05) is 30.4 Å². The zero-order valence-corrected chi connectivity index (χ0v) is 15.2. The Kier molecular flexibility index (Phi) is 7.88. The van der Waals surface area contributed by atoms with Gasteiger partial charge in [0.1, 0.15) is 12.7 Å². The van der Waals surface area contributed by atoms with Crippen molar-refractivity contribution < 1.29 is 4.79 Å². The number of amides is 1. The minimum atomic E-state index is -0.0343. The molecule has 7 heteroatoms. The SMILES string of the molecule is Cl.O=C(NCCNC1CCCCCC1)c1ccc(-n2cnnc2)cc1. The number of aromatic nitrogens is 3. The van der Waals surface area contributed by atoms with Gasteiger partial charge in [-0.1, -0.05) is 25.7 Å². The Hall–Kier alpha value is -1.92. The summed E-state index contributed by atoms with van der Waals surface area (Å²) in [6.07, 6.45) is 11.2. The number of nitrogens with zero attached hydrogens (tertiary/aromatic N) is 3. The van der Waals surface area contributed by atoms with E-state index in [-0.39, 0.29) is 18.3 Å². The number of rotatable bonds is 6. The molecule has 1 amide bonds. The number of nitrogens with one attached hydrogen (secondary N) is 2. The molecule has 0 aliphatic heterocycles. The summed E-state index contributed by atoms with van der Waals surface area (Å²) < 4.78 is 1.80. The maximum atomic E-state index is 12.2. The van der Waals surface area contributed by atoms with Gasteiger partial charge in [-0.15, -0.1) is 22.6 Å². The van der Waals surface area contributed by atoms with E-state index in [4.69, 9.17) is 0 Å². The van der Waals surface area contributed by atoms with Gasteiger partial charge in [0.15, 0.2) is 0 Å². The molecule has 2 N–H and O–H groups in total. The van der Waals surface area contributed by atoms with Gasteiger partial charge < -0.3 is 10.6 Å². The predicted octanol–water partition coefficient (Wildman–Crippen LogP) is 2.73. The van der Waals surface area contributed by atoms with Gasteiger partial charge in [0.25, 0.3) is 5.91 Å². The van der Waals surface area contributed by atoms with Crippen molar-refractivity contribution in [2.75, 3.05) is 13.1 Å². The van der Waals surface area contributed by atoms with Crippen molar-refractivity contribution in [3.63, 3.8) is 0 Å². The van der Waals surface area contributed by atoms with Crippen LogP contribution in [0.25, 0.3) is 5.69 Å². The molecule has 0 bridgehead atoms. The van der Waals surface area contributed by atoms with Gasteiger partial charge in [-0.05, 0) is 37.1 Å². The standard InChI is InChI=1S/C18H25N5O.ClH/c24-18(20-12-11-19-16-5-3-1-2-4-6-16)15-7-9-17(10-8-15)23-13-21-22-14-23;/h7-10,13-14,16,19H,1-6,11-12H2,(H,20,24);1H. The third-order valence-corrected chi connectivity index (χ3v) is 4.55. The van der Waals surface area contributed by atoms with Crippen molar-refractivity contribution in [2.24, 2.45) is 0 Å². The summed E-state index contributed by atoms with van der Waals surface area (Å²) in [6.45, 7) is 1.48. The maximum absolute atomic E-state index is 12.2. The molecule has 1 aliphatic rings. The second-order valence-corrected chi connectivity index (χ2v) is 6.31. The Labute approximate surface area is 154 Å². The number of halogens is 1. The Bertz CT molecular complexity index is 621. The molecular formula is C18H26ClN5O. The Morgan fingerprint density at radius 1 is 1.00 bits per heavy atom. The third-order valence-electron chi connectivity index (χ3n) is 4.55. The first-order chi connectivity index (χ1) is 11.8. The monoisotopic (exact) mass is 363 g/mol. The average molecular weight is 364 g/mol. The minimum absolute atomic E-state index is 0. The molecule has 1 fully saturated rings. The van der Waals surface area contributed by atoms with Crippen molar-refractivity contribution in [1.82, 2.24) is 25.4 Å². The topological polar surface area (TPSA) is 71.8 Å². The molecule has 0 unspecified atom stereocenters. The van der Waals surface area contributed by atoms with Gasteiger partial charge in [0.2, 0.25) is 0 Å². The number of hydrogen-bond donors (Lipinski definition) is 2. The van der Waals surface area contributed by atoms with E-state index in [1.54, 1.807) is 17.2 Å². The van der Waals surface area contributed by atoms with Crippen LogP contribution >= 0.6 is 12.4 Å². The number of benzene rings is 1. The fourth-order valence-corrected chi connectivity index (χ4v) is 3.16. The summed E-state index contributed by atoms with van der Waals surface area (Å²) >= 11 is 0. The number of hydrogen-bond acceptors (Lipinski definition) is 4. The van der Waals surface area contributed by atoms with Crippen LogP contribution in [0.1, 0.15) is 48.9 Å². The van der Waals surface area contributed by atoms with Gasteiger partial charge in [-0.3, -0.25) is 9.36 Å². The molecule has 136 valence electrons. The normalized spacial score (nSPS) is 15.2. The van der Waals surface area contributed by atoms with Gasteiger partial charge >= 0.3 is 0 Å². The van der Waals surface area contributed by atoms with Crippen molar-refractivity contribution in [3.8, 4) is 5.69 Å². The molecular weight excluding hydrogens is 338 g/mol. The van der Waals surface area contributed by atoms with Crippen molar-refractivity contribution in [2.45, 2.75) is 44.6 Å². The molecule has 0 radical (unpaired) electrons. The molecule has 1 heterocycles. The van der Waals surface area contributed by atoms with E-state index in [0.717, 1.165) is 12.2 Å². The van der Waals surface area contributed by atoms with Crippen molar-refractivity contribution in [1.29, 1.82) is 0 Å². The summed E-state index contributed by atoms with van der Waals surface area (Å²) in [5.74, 6) is -0.0343. The quantitative estimate of drug-likeness (QED) is 0.611. The highest BCUT2D eigenvalue weighted by Crippen LogP contribution is 2.16. The van der Waals surface area contributed by atoms with Crippen LogP contribution in [-0.4, -0.2) is 39.8 Å². The molecule has 6 nitrogen and oxygen atoms in total. The predicted molar refractivity (Wildman–Crippen MR) is 100 cm³/mol. The van der Waals surface area contributed by atoms with E-state index < -0.39 is 0 Å². The van der Waals surface area contributed by atoms with Crippen LogP contribution in [-0.2, 0) is 0 Å². The fourth-order valence-electron chi connectivity index (χ4n) is 3.16. The molecule has 1 aromatic heterocycles. The van der Waals surface area contributed by atoms with Crippen LogP contribution in [0.15, 0.2) is 36.9 Å². The highest BCUT2D eigenvalue weighted by Gasteiger charge is 2.11. The first kappa shape index (κ1) is 19.4. The Morgan fingerprint density at radius 3 is 2.28 bits per heavy atom. The zero-order chi connectivity index (χ0) is 16.6. The van der Waals surface area contributed by atoms with E-state index in [0.29, 0.717) is 18.2 Å². The lowest BCUT2D eigenvalue weighted by atomic mass is 10.1. The number of carbonyl (C=O) groups excluding carboxylic acids is 1. The molecule has 0 atom stereocenters. The Morgan fingerprint density at radius 2 is 1.64 bits per heavy atom. The molecule has 1 aliphatic carbocycles. The molecule has 0 spiro atoms. The fraction of sp³-hybridized carbons (Fsp3) is 0.500. The lowest BCUT2D eigenvalue weighted by molar-refractivity contribution is 0.0953. The molecule has 1 saturated carbocycles. The van der Waals surface area contributed by atoms with E-state index in [1.807, 2.05) is 24.3 Å². The minimum Gasteiger partial charge on any atom is -0.351 e. The van der Waals surface area contributed by atoms with Gasteiger partial charge in [-0.2, -0.15) is 0 Å².